The molecule has 1 aromatic carbocycles. The molecule has 0 N–H and O–H groups in total. The summed E-state index contributed by atoms with van der Waals surface area (Å²) in [7, 11) is 0. The maximum atomic E-state index is 9.69. The van der Waals surface area contributed by atoms with Crippen molar-refractivity contribution in [1.82, 2.24) is 0 Å². The predicted molar refractivity (Wildman–Crippen MR) is 51.9 cm³/mol. The second-order valence-corrected chi connectivity index (χ2v) is 2.71. The zero-order valence-electron chi connectivity index (χ0n) is 7.49. The van der Waals surface area contributed by atoms with Crippen LogP contribution in [0.3, 0.4) is 0 Å². The molecule has 0 heterocycles. The molecule has 13 heavy (non-hydrogen) atoms. The summed E-state index contributed by atoms with van der Waals surface area (Å²) in [6.07, 6.45) is 3.68. The molecule has 1 radical (unpaired) electrons. The van der Waals surface area contributed by atoms with E-state index >= 15 is 0 Å². The Morgan fingerprint density at radius 3 is 3.08 bits per heavy atom. The Morgan fingerprint density at radius 2 is 2.38 bits per heavy atom. The first-order chi connectivity index (χ1) is 6.33. The molecule has 0 bridgehead atoms. The van der Waals surface area contributed by atoms with Gasteiger partial charge in [-0.25, -0.2) is 4.79 Å². The smallest absolute Gasteiger partial charge is 0.417 e. The van der Waals surface area contributed by atoms with Gasteiger partial charge in [-0.2, -0.15) is 0 Å². The summed E-state index contributed by atoms with van der Waals surface area (Å²) in [6, 6.07) is 8.07. The Hall–Kier alpha value is -1.57. The topological polar surface area (TPSA) is 26.3 Å². The van der Waals surface area contributed by atoms with Crippen LogP contribution in [0, 0.1) is 6.92 Å². The van der Waals surface area contributed by atoms with E-state index in [9.17, 15) is 4.79 Å². The minimum Gasteiger partial charge on any atom is -0.453 e. The molecule has 0 aliphatic heterocycles. The first-order valence-electron chi connectivity index (χ1n) is 4.05. The number of rotatable bonds is 4. The second kappa shape index (κ2) is 5.14. The van der Waals surface area contributed by atoms with Crippen LogP contribution in [-0.4, -0.2) is 13.1 Å². The summed E-state index contributed by atoms with van der Waals surface area (Å²) in [6.45, 7) is 3.67. The van der Waals surface area contributed by atoms with Crippen LogP contribution < -0.4 is 0 Å². The van der Waals surface area contributed by atoms with Crippen LogP contribution in [-0.2, 0) is 9.53 Å². The minimum absolute atomic E-state index is 0.275. The van der Waals surface area contributed by atoms with Gasteiger partial charge in [0, 0.05) is 0 Å². The summed E-state index contributed by atoms with van der Waals surface area (Å²) in [5, 5.41) is 0. The molecular weight excluding hydrogens is 164 g/mol. The van der Waals surface area contributed by atoms with Gasteiger partial charge in [0.1, 0.15) is 6.61 Å². The lowest BCUT2D eigenvalue weighted by Crippen LogP contribution is -1.85. The van der Waals surface area contributed by atoms with Crippen LogP contribution in [0.15, 0.2) is 30.3 Å². The molecule has 2 nitrogen and oxygen atoms in total. The van der Waals surface area contributed by atoms with Crippen molar-refractivity contribution in [2.75, 3.05) is 6.61 Å². The van der Waals surface area contributed by atoms with Gasteiger partial charge in [0.15, 0.2) is 0 Å². The lowest BCUT2D eigenvalue weighted by atomic mass is 10.1. The van der Waals surface area contributed by atoms with Crippen molar-refractivity contribution in [3.8, 4) is 0 Å². The van der Waals surface area contributed by atoms with Gasteiger partial charge in [-0.1, -0.05) is 35.9 Å². The van der Waals surface area contributed by atoms with Crippen molar-refractivity contribution in [2.24, 2.45) is 0 Å². The molecule has 0 aliphatic carbocycles. The third kappa shape index (κ3) is 3.56. The monoisotopic (exact) mass is 175 g/mol. The van der Waals surface area contributed by atoms with Gasteiger partial charge in [-0.15, -0.1) is 0 Å². The van der Waals surface area contributed by atoms with Crippen molar-refractivity contribution in [3.63, 3.8) is 0 Å². The first-order valence-corrected chi connectivity index (χ1v) is 4.05. The van der Waals surface area contributed by atoms with E-state index in [1.54, 1.807) is 6.08 Å². The van der Waals surface area contributed by atoms with E-state index in [2.05, 4.69) is 10.8 Å². The molecule has 0 aromatic heterocycles. The Morgan fingerprint density at radius 1 is 1.54 bits per heavy atom. The number of hydrogen-bond acceptors (Lipinski definition) is 2. The van der Waals surface area contributed by atoms with E-state index in [-0.39, 0.29) is 6.61 Å². The molecular formula is C11H11O2. The summed E-state index contributed by atoms with van der Waals surface area (Å²) >= 11 is 0. The molecule has 0 amide bonds. The van der Waals surface area contributed by atoms with E-state index in [4.69, 9.17) is 0 Å². The predicted octanol–water partition coefficient (Wildman–Crippen LogP) is 2.09. The van der Waals surface area contributed by atoms with Crippen LogP contribution >= 0.6 is 0 Å². The van der Waals surface area contributed by atoms with Crippen molar-refractivity contribution >= 4 is 12.5 Å². The van der Waals surface area contributed by atoms with E-state index in [1.165, 1.54) is 12.0 Å². The zero-order chi connectivity index (χ0) is 9.52. The van der Waals surface area contributed by atoms with Gasteiger partial charge in [-0.05, 0) is 18.6 Å². The van der Waals surface area contributed by atoms with Crippen molar-refractivity contribution in [1.29, 1.82) is 0 Å². The fourth-order valence-corrected chi connectivity index (χ4v) is 1.04. The highest BCUT2D eigenvalue weighted by atomic mass is 16.5. The zero-order valence-corrected chi connectivity index (χ0v) is 7.49. The number of benzene rings is 1. The number of ether oxygens (including phenoxy) is 1. The molecule has 0 spiro atoms. The number of hydrogen-bond donors (Lipinski definition) is 0. The normalized spacial score (nSPS) is 10.2. The van der Waals surface area contributed by atoms with E-state index in [1.807, 2.05) is 31.2 Å². The summed E-state index contributed by atoms with van der Waals surface area (Å²) in [5.41, 5.74) is 2.32. The summed E-state index contributed by atoms with van der Waals surface area (Å²) in [5.74, 6) is 0. The standard InChI is InChI=1S/C11H11O2/c1-10-4-2-5-11(8-10)6-3-7-13-9-12/h2-6,8H,7H2,1H3/b6-3+. The third-order valence-corrected chi connectivity index (χ3v) is 1.59. The molecule has 0 unspecified atom stereocenters. The fraction of sp³-hybridized carbons (Fsp3) is 0.182. The highest BCUT2D eigenvalue weighted by molar-refractivity contribution is 5.50. The van der Waals surface area contributed by atoms with Gasteiger partial charge in [0.2, 0.25) is 0 Å². The van der Waals surface area contributed by atoms with Gasteiger partial charge < -0.3 is 4.74 Å². The van der Waals surface area contributed by atoms with E-state index in [0.717, 1.165) is 5.56 Å². The van der Waals surface area contributed by atoms with Gasteiger partial charge in [-0.3, -0.25) is 0 Å². The molecule has 0 aliphatic rings. The number of aryl methyl sites for hydroxylation is 1. The lowest BCUT2D eigenvalue weighted by Gasteiger charge is -1.94. The average molecular weight is 175 g/mol. The first kappa shape index (κ1) is 9.52. The van der Waals surface area contributed by atoms with Crippen LogP contribution in [0.25, 0.3) is 6.08 Å². The largest absolute Gasteiger partial charge is 0.453 e. The van der Waals surface area contributed by atoms with Crippen molar-refractivity contribution in [2.45, 2.75) is 6.92 Å². The molecule has 67 valence electrons. The third-order valence-electron chi connectivity index (χ3n) is 1.59. The highest BCUT2D eigenvalue weighted by Gasteiger charge is 1.86. The minimum atomic E-state index is 0.275. The van der Waals surface area contributed by atoms with Crippen molar-refractivity contribution in [3.05, 3.63) is 41.5 Å². The van der Waals surface area contributed by atoms with Crippen LogP contribution in [0.4, 0.5) is 0 Å². The van der Waals surface area contributed by atoms with Crippen molar-refractivity contribution < 1.29 is 9.53 Å². The van der Waals surface area contributed by atoms with Gasteiger partial charge in [0.25, 0.3) is 0 Å². The Balaban J connectivity index is 2.53. The Labute approximate surface area is 77.8 Å². The van der Waals surface area contributed by atoms with E-state index in [0.29, 0.717) is 0 Å². The maximum absolute atomic E-state index is 9.69. The van der Waals surface area contributed by atoms with Gasteiger partial charge in [0.05, 0.1) is 0 Å². The lowest BCUT2D eigenvalue weighted by molar-refractivity contribution is 0.314. The summed E-state index contributed by atoms with van der Waals surface area (Å²) in [4.78, 5) is 9.69. The molecule has 1 rings (SSSR count). The Bertz CT molecular complexity index is 303. The number of carbonyl (C=O) groups excluding carboxylic acids is 1. The molecule has 0 atom stereocenters. The average Bonchev–Trinajstić information content (AvgIpc) is 2.13. The summed E-state index contributed by atoms with van der Waals surface area (Å²) < 4.78 is 4.39. The van der Waals surface area contributed by atoms with Crippen LogP contribution in [0.1, 0.15) is 11.1 Å². The molecule has 1 aromatic rings. The fourth-order valence-electron chi connectivity index (χ4n) is 1.04. The maximum Gasteiger partial charge on any atom is 0.417 e. The quantitative estimate of drug-likeness (QED) is 0.655. The van der Waals surface area contributed by atoms with Crippen LogP contribution in [0.5, 0.6) is 0 Å². The highest BCUT2D eigenvalue weighted by Crippen LogP contribution is 2.05. The molecule has 0 saturated heterocycles. The van der Waals surface area contributed by atoms with E-state index < -0.39 is 0 Å². The Kier molecular flexibility index (Phi) is 3.76. The second-order valence-electron chi connectivity index (χ2n) is 2.71. The molecule has 2 heteroatoms. The SMILES string of the molecule is Cc1cccc(/C=C/CO[C]=O)c1. The van der Waals surface area contributed by atoms with Gasteiger partial charge >= 0.3 is 6.47 Å². The molecule has 0 saturated carbocycles. The molecule has 0 fully saturated rings. The van der Waals surface area contributed by atoms with Crippen LogP contribution in [0.2, 0.25) is 0 Å².